The minimum Gasteiger partial charge on any atom is -0.381 e. The van der Waals surface area contributed by atoms with Gasteiger partial charge in [-0.2, -0.15) is 0 Å². The minimum atomic E-state index is -0.926. The van der Waals surface area contributed by atoms with Crippen molar-refractivity contribution in [2.45, 2.75) is 31.9 Å². The summed E-state index contributed by atoms with van der Waals surface area (Å²) in [4.78, 5) is 19.3. The Morgan fingerprint density at radius 3 is 2.67 bits per heavy atom. The lowest BCUT2D eigenvalue weighted by atomic mass is 9.88. The Bertz CT molecular complexity index is 772. The Labute approximate surface area is 143 Å². The fourth-order valence-corrected chi connectivity index (χ4v) is 3.77. The highest BCUT2D eigenvalue weighted by Crippen LogP contribution is 2.32. The van der Waals surface area contributed by atoms with Crippen LogP contribution in [0.3, 0.4) is 0 Å². The molecule has 128 valence electrons. The van der Waals surface area contributed by atoms with E-state index in [1.807, 2.05) is 0 Å². The van der Waals surface area contributed by atoms with Gasteiger partial charge in [-0.05, 0) is 38.0 Å². The highest BCUT2D eigenvalue weighted by Gasteiger charge is 2.35. The van der Waals surface area contributed by atoms with Gasteiger partial charge in [0.2, 0.25) is 0 Å². The Morgan fingerprint density at radius 2 is 2.04 bits per heavy atom. The van der Waals surface area contributed by atoms with Crippen molar-refractivity contribution >= 4 is 17.2 Å². The van der Waals surface area contributed by atoms with Gasteiger partial charge in [-0.1, -0.05) is 0 Å². The second-order valence-corrected chi connectivity index (χ2v) is 6.96. The molecule has 7 heteroatoms. The number of carbonyl (C=O) groups is 1. The van der Waals surface area contributed by atoms with Crippen LogP contribution in [0.2, 0.25) is 0 Å². The van der Waals surface area contributed by atoms with Crippen molar-refractivity contribution in [3.8, 4) is 10.6 Å². The summed E-state index contributed by atoms with van der Waals surface area (Å²) in [5, 5.41) is 0.506. The highest BCUT2D eigenvalue weighted by molar-refractivity contribution is 7.17. The quantitative estimate of drug-likeness (QED) is 0.844. The monoisotopic (exact) mass is 352 g/mol. The molecule has 0 saturated heterocycles. The molecule has 1 fully saturated rings. The van der Waals surface area contributed by atoms with E-state index in [1.165, 1.54) is 17.4 Å². The molecule has 1 aliphatic rings. The molecule has 1 aromatic carbocycles. The lowest BCUT2D eigenvalue weighted by Crippen LogP contribution is -2.48. The van der Waals surface area contributed by atoms with Crippen LogP contribution in [-0.2, 0) is 4.74 Å². The van der Waals surface area contributed by atoms with Crippen LogP contribution in [-0.4, -0.2) is 42.1 Å². The fraction of sp³-hybridized carbons (Fsp3) is 0.412. The van der Waals surface area contributed by atoms with Crippen LogP contribution >= 0.6 is 11.3 Å². The van der Waals surface area contributed by atoms with E-state index in [0.29, 0.717) is 21.1 Å². The van der Waals surface area contributed by atoms with Gasteiger partial charge in [-0.15, -0.1) is 11.3 Å². The van der Waals surface area contributed by atoms with E-state index in [9.17, 15) is 13.6 Å². The number of carbonyl (C=O) groups excluding carboxylic acids is 1. The second kappa shape index (κ2) is 6.57. The first-order valence-corrected chi connectivity index (χ1v) is 8.45. The maximum absolute atomic E-state index is 13.4. The molecule has 4 nitrogen and oxygen atoms in total. The molecule has 1 saturated carbocycles. The van der Waals surface area contributed by atoms with Gasteiger partial charge < -0.3 is 9.64 Å². The zero-order chi connectivity index (χ0) is 17.4. The molecule has 0 radical (unpaired) electrons. The number of benzene rings is 1. The number of ether oxygens (including phenoxy) is 1. The summed E-state index contributed by atoms with van der Waals surface area (Å²) in [6.07, 6.45) is 1.87. The number of amides is 1. The van der Waals surface area contributed by atoms with Crippen LogP contribution in [0.4, 0.5) is 8.78 Å². The smallest absolute Gasteiger partial charge is 0.265 e. The molecule has 24 heavy (non-hydrogen) atoms. The molecular weight excluding hydrogens is 334 g/mol. The number of rotatable bonds is 4. The van der Waals surface area contributed by atoms with Crippen molar-refractivity contribution in [1.29, 1.82) is 0 Å². The van der Waals surface area contributed by atoms with Crippen molar-refractivity contribution in [3.63, 3.8) is 0 Å². The Morgan fingerprint density at radius 1 is 1.33 bits per heavy atom. The van der Waals surface area contributed by atoms with Crippen LogP contribution in [0.5, 0.6) is 0 Å². The Balaban J connectivity index is 1.81. The van der Waals surface area contributed by atoms with Gasteiger partial charge in [0.15, 0.2) is 11.6 Å². The molecule has 0 spiro atoms. The number of halogens is 2. The standard InChI is InChI=1S/C17H18F2N2O2S/c1-9-15(17(22)21(2)11-7-12(8-11)23-3)24-16(20-9)10-4-5-13(18)14(19)6-10/h4-6,11-12H,7-8H2,1-3H3. The van der Waals surface area contributed by atoms with Gasteiger partial charge in [-0.3, -0.25) is 4.79 Å². The van der Waals surface area contributed by atoms with E-state index < -0.39 is 11.6 Å². The second-order valence-electron chi connectivity index (χ2n) is 5.96. The molecule has 0 N–H and O–H groups in total. The first-order chi connectivity index (χ1) is 11.4. The maximum atomic E-state index is 13.4. The van der Waals surface area contributed by atoms with Crippen LogP contribution in [0.25, 0.3) is 10.6 Å². The number of nitrogens with zero attached hydrogens (tertiary/aromatic N) is 2. The van der Waals surface area contributed by atoms with Crippen molar-refractivity contribution < 1.29 is 18.3 Å². The van der Waals surface area contributed by atoms with E-state index in [4.69, 9.17) is 4.74 Å². The Hall–Kier alpha value is -1.86. The van der Waals surface area contributed by atoms with E-state index in [2.05, 4.69) is 4.98 Å². The maximum Gasteiger partial charge on any atom is 0.265 e. The zero-order valence-electron chi connectivity index (χ0n) is 13.7. The van der Waals surface area contributed by atoms with Gasteiger partial charge in [0, 0.05) is 25.8 Å². The number of methoxy groups -OCH3 is 1. The first kappa shape index (κ1) is 17.0. The lowest BCUT2D eigenvalue weighted by molar-refractivity contribution is -0.0143. The number of aryl methyl sites for hydroxylation is 1. The molecule has 1 amide bonds. The summed E-state index contributed by atoms with van der Waals surface area (Å²) in [5.74, 6) is -1.93. The van der Waals surface area contributed by atoms with Gasteiger partial charge in [0.25, 0.3) is 5.91 Å². The van der Waals surface area contributed by atoms with Gasteiger partial charge in [0.1, 0.15) is 9.88 Å². The summed E-state index contributed by atoms with van der Waals surface area (Å²) >= 11 is 1.20. The fourth-order valence-electron chi connectivity index (χ4n) is 2.72. The predicted octanol–water partition coefficient (Wildman–Crippen LogP) is 3.65. The van der Waals surface area contributed by atoms with E-state index >= 15 is 0 Å². The van der Waals surface area contributed by atoms with E-state index in [-0.39, 0.29) is 18.1 Å². The largest absolute Gasteiger partial charge is 0.381 e. The minimum absolute atomic E-state index is 0.0987. The number of aromatic nitrogens is 1. The third-order valence-electron chi connectivity index (χ3n) is 4.43. The van der Waals surface area contributed by atoms with Crippen molar-refractivity contribution in [1.82, 2.24) is 9.88 Å². The van der Waals surface area contributed by atoms with Crippen LogP contribution in [0, 0.1) is 18.6 Å². The molecule has 1 heterocycles. The average molecular weight is 352 g/mol. The zero-order valence-corrected chi connectivity index (χ0v) is 14.5. The van der Waals surface area contributed by atoms with E-state index in [1.54, 1.807) is 26.0 Å². The molecule has 0 bridgehead atoms. The van der Waals surface area contributed by atoms with Gasteiger partial charge in [0.05, 0.1) is 11.8 Å². The summed E-state index contributed by atoms with van der Waals surface area (Å²) in [5.41, 5.74) is 1.06. The average Bonchev–Trinajstić information content (AvgIpc) is 2.90. The molecule has 0 unspecified atom stereocenters. The van der Waals surface area contributed by atoms with E-state index in [0.717, 1.165) is 25.0 Å². The van der Waals surface area contributed by atoms with Crippen LogP contribution in [0.1, 0.15) is 28.2 Å². The molecule has 1 aliphatic carbocycles. The third kappa shape index (κ3) is 3.06. The molecule has 1 aromatic heterocycles. The molecule has 3 rings (SSSR count). The third-order valence-corrected chi connectivity index (χ3v) is 5.62. The van der Waals surface area contributed by atoms with Crippen LogP contribution in [0.15, 0.2) is 18.2 Å². The van der Waals surface area contributed by atoms with Gasteiger partial charge >= 0.3 is 0 Å². The summed E-state index contributed by atoms with van der Waals surface area (Å²) in [6, 6.07) is 3.79. The molecular formula is C17H18F2N2O2S. The van der Waals surface area contributed by atoms with Crippen molar-refractivity contribution in [2.75, 3.05) is 14.2 Å². The highest BCUT2D eigenvalue weighted by atomic mass is 32.1. The summed E-state index contributed by atoms with van der Waals surface area (Å²) in [6.45, 7) is 1.75. The molecule has 0 atom stereocenters. The predicted molar refractivity (Wildman–Crippen MR) is 88.1 cm³/mol. The topological polar surface area (TPSA) is 42.4 Å². The normalized spacial score (nSPS) is 19.9. The number of hydrogen-bond donors (Lipinski definition) is 0. The SMILES string of the molecule is COC1CC(N(C)C(=O)c2sc(-c3ccc(F)c(F)c3)nc2C)C1. The molecule has 2 aromatic rings. The van der Waals surface area contributed by atoms with Gasteiger partial charge in [-0.25, -0.2) is 13.8 Å². The molecule has 0 aliphatic heterocycles. The summed E-state index contributed by atoms with van der Waals surface area (Å²) < 4.78 is 31.7. The van der Waals surface area contributed by atoms with Crippen molar-refractivity contribution in [3.05, 3.63) is 40.4 Å². The first-order valence-electron chi connectivity index (χ1n) is 7.63. The summed E-state index contributed by atoms with van der Waals surface area (Å²) in [7, 11) is 3.44. The Kier molecular flexibility index (Phi) is 4.64. The number of hydrogen-bond acceptors (Lipinski definition) is 4. The van der Waals surface area contributed by atoms with Crippen molar-refractivity contribution in [2.24, 2.45) is 0 Å². The lowest BCUT2D eigenvalue weighted by Gasteiger charge is -2.40. The van der Waals surface area contributed by atoms with Crippen LogP contribution < -0.4 is 0 Å². The number of thiazole rings is 1.